The maximum atomic E-state index is 14.6. The summed E-state index contributed by atoms with van der Waals surface area (Å²) in [5.74, 6) is -1.38. The van der Waals surface area contributed by atoms with Crippen molar-refractivity contribution in [3.05, 3.63) is 99.8 Å². The molecule has 0 unspecified atom stereocenters. The van der Waals surface area contributed by atoms with E-state index < -0.39 is 11.6 Å². The SMILES string of the molecule is CN(C)C(=N)c1ccc(C(=O)Cc2ccccc2C(=O)Nc2ccc(Cl)cc2)c(F)c1. The van der Waals surface area contributed by atoms with E-state index in [0.717, 1.165) is 0 Å². The molecule has 1 amide bonds. The minimum absolute atomic E-state index is 0.0804. The molecule has 5 nitrogen and oxygen atoms in total. The van der Waals surface area contributed by atoms with Gasteiger partial charge in [-0.2, -0.15) is 0 Å². The van der Waals surface area contributed by atoms with Gasteiger partial charge in [-0.1, -0.05) is 35.9 Å². The van der Waals surface area contributed by atoms with E-state index in [9.17, 15) is 14.0 Å². The third kappa shape index (κ3) is 5.35. The first-order valence-electron chi connectivity index (χ1n) is 9.50. The fraction of sp³-hybridized carbons (Fsp3) is 0.125. The summed E-state index contributed by atoms with van der Waals surface area (Å²) < 4.78 is 14.6. The molecule has 3 rings (SSSR count). The molecule has 7 heteroatoms. The maximum absolute atomic E-state index is 14.6. The Bertz CT molecular complexity index is 1140. The Labute approximate surface area is 185 Å². The molecule has 0 radical (unpaired) electrons. The molecule has 0 bridgehead atoms. The largest absolute Gasteiger partial charge is 0.363 e. The number of hydrogen-bond acceptors (Lipinski definition) is 3. The van der Waals surface area contributed by atoms with Crippen LogP contribution >= 0.6 is 11.6 Å². The van der Waals surface area contributed by atoms with Crippen LogP contribution in [-0.2, 0) is 6.42 Å². The van der Waals surface area contributed by atoms with Crippen LogP contribution in [-0.4, -0.2) is 36.5 Å². The third-order valence-electron chi connectivity index (χ3n) is 4.71. The number of ketones is 1. The minimum Gasteiger partial charge on any atom is -0.363 e. The van der Waals surface area contributed by atoms with Gasteiger partial charge in [0.05, 0.1) is 5.56 Å². The summed E-state index contributed by atoms with van der Waals surface area (Å²) in [6, 6.07) is 17.5. The molecule has 0 saturated heterocycles. The van der Waals surface area contributed by atoms with Gasteiger partial charge < -0.3 is 10.2 Å². The average molecular weight is 438 g/mol. The van der Waals surface area contributed by atoms with E-state index in [-0.39, 0.29) is 23.7 Å². The molecule has 0 atom stereocenters. The topological polar surface area (TPSA) is 73.3 Å². The summed E-state index contributed by atoms with van der Waals surface area (Å²) in [5.41, 5.74) is 1.69. The number of halogens is 2. The van der Waals surface area contributed by atoms with Crippen LogP contribution in [0.4, 0.5) is 10.1 Å². The first kappa shape index (κ1) is 22.2. The molecule has 0 aliphatic heterocycles. The van der Waals surface area contributed by atoms with E-state index in [0.29, 0.717) is 27.4 Å². The standard InChI is InChI=1S/C24H21ClFN3O2/c1-29(2)23(27)16-7-12-20(21(26)13-16)22(30)14-15-5-3-4-6-19(15)24(31)28-18-10-8-17(25)9-11-18/h3-13,27H,14H2,1-2H3,(H,28,31). The van der Waals surface area contributed by atoms with Crippen LogP contribution in [0, 0.1) is 11.2 Å². The summed E-state index contributed by atoms with van der Waals surface area (Å²) in [7, 11) is 3.37. The van der Waals surface area contributed by atoms with Crippen LogP contribution in [0.1, 0.15) is 31.8 Å². The number of Topliss-reactive ketones (excluding diaryl/α,β-unsaturated/α-hetero) is 1. The number of amidine groups is 1. The fourth-order valence-corrected chi connectivity index (χ4v) is 3.17. The third-order valence-corrected chi connectivity index (χ3v) is 4.96. The zero-order chi connectivity index (χ0) is 22.5. The number of anilines is 1. The lowest BCUT2D eigenvalue weighted by Gasteiger charge is -2.14. The normalized spacial score (nSPS) is 10.5. The Balaban J connectivity index is 1.80. The van der Waals surface area contributed by atoms with Crippen molar-refractivity contribution in [1.29, 1.82) is 5.41 Å². The number of benzene rings is 3. The Hall–Kier alpha value is -3.51. The number of carbonyl (C=O) groups excluding carboxylic acids is 2. The molecule has 3 aromatic rings. The van der Waals surface area contributed by atoms with Crippen LogP contribution in [0.15, 0.2) is 66.7 Å². The first-order valence-corrected chi connectivity index (χ1v) is 9.88. The van der Waals surface area contributed by atoms with Crippen molar-refractivity contribution < 1.29 is 14.0 Å². The molecule has 0 saturated carbocycles. The Morgan fingerprint density at radius 2 is 1.68 bits per heavy atom. The Morgan fingerprint density at radius 1 is 1.00 bits per heavy atom. The summed E-state index contributed by atoms with van der Waals surface area (Å²) in [6.07, 6.45) is -0.133. The van der Waals surface area contributed by atoms with E-state index in [1.54, 1.807) is 67.5 Å². The highest BCUT2D eigenvalue weighted by molar-refractivity contribution is 6.30. The first-order chi connectivity index (χ1) is 14.8. The highest BCUT2D eigenvalue weighted by Crippen LogP contribution is 2.19. The molecule has 0 aliphatic carbocycles. The number of amides is 1. The lowest BCUT2D eigenvalue weighted by atomic mass is 9.97. The van der Waals surface area contributed by atoms with Gasteiger partial charge in [0.2, 0.25) is 0 Å². The van der Waals surface area contributed by atoms with E-state index in [1.165, 1.54) is 18.2 Å². The highest BCUT2D eigenvalue weighted by atomic mass is 35.5. The molecule has 0 heterocycles. The predicted octanol–water partition coefficient (Wildman–Crippen LogP) is 5.04. The summed E-state index contributed by atoms with van der Waals surface area (Å²) in [4.78, 5) is 27.0. The molecular weight excluding hydrogens is 417 g/mol. The second-order valence-corrected chi connectivity index (χ2v) is 7.59. The monoisotopic (exact) mass is 437 g/mol. The fourth-order valence-electron chi connectivity index (χ4n) is 3.04. The van der Waals surface area contributed by atoms with Crippen LogP contribution in [0.3, 0.4) is 0 Å². The molecule has 0 aromatic heterocycles. The predicted molar refractivity (Wildman–Crippen MR) is 121 cm³/mol. The molecule has 2 N–H and O–H groups in total. The van der Waals surface area contributed by atoms with Crippen molar-refractivity contribution in [3.8, 4) is 0 Å². The van der Waals surface area contributed by atoms with Crippen molar-refractivity contribution in [1.82, 2.24) is 4.90 Å². The van der Waals surface area contributed by atoms with Gasteiger partial charge in [-0.3, -0.25) is 15.0 Å². The molecule has 31 heavy (non-hydrogen) atoms. The number of nitrogens with zero attached hydrogens (tertiary/aromatic N) is 1. The van der Waals surface area contributed by atoms with Crippen molar-refractivity contribution >= 4 is 34.8 Å². The van der Waals surface area contributed by atoms with Gasteiger partial charge >= 0.3 is 0 Å². The number of carbonyl (C=O) groups is 2. The van der Waals surface area contributed by atoms with Gasteiger partial charge in [0, 0.05) is 42.4 Å². The van der Waals surface area contributed by atoms with Crippen LogP contribution in [0.25, 0.3) is 0 Å². The Kier molecular flexibility index (Phi) is 6.82. The lowest BCUT2D eigenvalue weighted by molar-refractivity contribution is 0.0988. The summed E-state index contributed by atoms with van der Waals surface area (Å²) >= 11 is 5.87. The zero-order valence-electron chi connectivity index (χ0n) is 17.1. The van der Waals surface area contributed by atoms with E-state index in [4.69, 9.17) is 17.0 Å². The molecule has 158 valence electrons. The smallest absolute Gasteiger partial charge is 0.255 e. The number of rotatable bonds is 6. The quantitative estimate of drug-likeness (QED) is 0.322. The van der Waals surface area contributed by atoms with Crippen LogP contribution < -0.4 is 5.32 Å². The molecular formula is C24H21ClFN3O2. The van der Waals surface area contributed by atoms with Crippen LogP contribution in [0.5, 0.6) is 0 Å². The van der Waals surface area contributed by atoms with Crippen molar-refractivity contribution in [3.63, 3.8) is 0 Å². The van der Waals surface area contributed by atoms with Crippen LogP contribution in [0.2, 0.25) is 5.02 Å². The Morgan fingerprint density at radius 3 is 2.32 bits per heavy atom. The van der Waals surface area contributed by atoms with E-state index in [1.807, 2.05) is 0 Å². The summed E-state index contributed by atoms with van der Waals surface area (Å²) in [5, 5.41) is 11.3. The van der Waals surface area contributed by atoms with E-state index >= 15 is 0 Å². The van der Waals surface area contributed by atoms with Gasteiger partial charge in [0.25, 0.3) is 5.91 Å². The molecule has 0 aliphatic rings. The van der Waals surface area contributed by atoms with Crippen molar-refractivity contribution in [2.75, 3.05) is 19.4 Å². The van der Waals surface area contributed by atoms with Gasteiger partial charge in [-0.15, -0.1) is 0 Å². The van der Waals surface area contributed by atoms with Gasteiger partial charge in [0.1, 0.15) is 11.7 Å². The molecule has 0 fully saturated rings. The number of nitrogens with one attached hydrogen (secondary N) is 2. The molecule has 3 aromatic carbocycles. The maximum Gasteiger partial charge on any atom is 0.255 e. The second kappa shape index (κ2) is 9.53. The van der Waals surface area contributed by atoms with Gasteiger partial charge in [-0.25, -0.2) is 4.39 Å². The number of hydrogen-bond donors (Lipinski definition) is 2. The van der Waals surface area contributed by atoms with Crippen molar-refractivity contribution in [2.24, 2.45) is 0 Å². The second-order valence-electron chi connectivity index (χ2n) is 7.16. The molecule has 0 spiro atoms. The van der Waals surface area contributed by atoms with Crippen molar-refractivity contribution in [2.45, 2.75) is 6.42 Å². The van der Waals surface area contributed by atoms with E-state index in [2.05, 4.69) is 5.32 Å². The minimum atomic E-state index is -0.697. The lowest BCUT2D eigenvalue weighted by Crippen LogP contribution is -2.22. The summed E-state index contributed by atoms with van der Waals surface area (Å²) in [6.45, 7) is 0. The highest BCUT2D eigenvalue weighted by Gasteiger charge is 2.18. The zero-order valence-corrected chi connectivity index (χ0v) is 17.8. The van der Waals surface area contributed by atoms with Gasteiger partial charge in [0.15, 0.2) is 5.78 Å². The average Bonchev–Trinajstić information content (AvgIpc) is 2.74. The van der Waals surface area contributed by atoms with Gasteiger partial charge in [-0.05, 0) is 48.0 Å².